The minimum atomic E-state index is -4.00. The molecule has 1 amide bonds. The highest BCUT2D eigenvalue weighted by molar-refractivity contribution is 8.10. The van der Waals surface area contributed by atoms with E-state index in [4.69, 9.17) is 4.74 Å². The predicted octanol–water partition coefficient (Wildman–Crippen LogP) is -0.959. The minimum absolute atomic E-state index is 0.216. The van der Waals surface area contributed by atoms with Crippen molar-refractivity contribution >= 4 is 25.6 Å². The number of carbonyl (C=O) groups excluding carboxylic acids is 1. The lowest BCUT2D eigenvalue weighted by Crippen LogP contribution is -2.51. The third kappa shape index (κ3) is 3.67. The second-order valence-corrected chi connectivity index (χ2v) is 9.22. The van der Waals surface area contributed by atoms with Crippen molar-refractivity contribution in [3.8, 4) is 0 Å². The molecule has 0 aromatic carbocycles. The monoisotopic (exact) mass is 313 g/mol. The molecular formula is C10H19NO6S2. The highest BCUT2D eigenvalue weighted by Gasteiger charge is 2.44. The van der Waals surface area contributed by atoms with E-state index < -0.39 is 30.2 Å². The number of hydrogen-bond donors (Lipinski definition) is 0. The third-order valence-corrected chi connectivity index (χ3v) is 8.06. The lowest BCUT2D eigenvalue weighted by atomic mass is 10.4. The van der Waals surface area contributed by atoms with Crippen LogP contribution in [0.3, 0.4) is 0 Å². The van der Waals surface area contributed by atoms with Crippen LogP contribution in [0.1, 0.15) is 13.8 Å². The molecule has 0 saturated carbocycles. The SMILES string of the molecule is CCS(=O)(=O)C(C(=O)N1CCOCC1)S(=O)(=O)CC. The van der Waals surface area contributed by atoms with E-state index in [0.29, 0.717) is 0 Å². The van der Waals surface area contributed by atoms with Crippen LogP contribution in [-0.4, -0.2) is 70.0 Å². The van der Waals surface area contributed by atoms with Crippen molar-refractivity contribution in [1.82, 2.24) is 4.90 Å². The normalized spacial score (nSPS) is 17.7. The summed E-state index contributed by atoms with van der Waals surface area (Å²) < 4.78 is 50.8. The summed E-state index contributed by atoms with van der Waals surface area (Å²) in [5, 5.41) is 0. The number of amides is 1. The summed E-state index contributed by atoms with van der Waals surface area (Å²) in [6.45, 7) is 3.68. The molecule has 19 heavy (non-hydrogen) atoms. The van der Waals surface area contributed by atoms with Gasteiger partial charge in [-0.15, -0.1) is 0 Å². The van der Waals surface area contributed by atoms with Crippen molar-refractivity contribution in [1.29, 1.82) is 0 Å². The fourth-order valence-corrected chi connectivity index (χ4v) is 5.89. The van der Waals surface area contributed by atoms with Gasteiger partial charge < -0.3 is 9.64 Å². The van der Waals surface area contributed by atoms with Gasteiger partial charge in [0.05, 0.1) is 13.2 Å². The maximum atomic E-state index is 12.2. The van der Waals surface area contributed by atoms with Crippen LogP contribution in [-0.2, 0) is 29.2 Å². The number of hydrogen-bond acceptors (Lipinski definition) is 6. The molecule has 7 nitrogen and oxygen atoms in total. The van der Waals surface area contributed by atoms with Crippen molar-refractivity contribution in [3.05, 3.63) is 0 Å². The predicted molar refractivity (Wildman–Crippen MR) is 70.1 cm³/mol. The molecule has 0 bridgehead atoms. The third-order valence-electron chi connectivity index (χ3n) is 2.98. The maximum absolute atomic E-state index is 12.2. The van der Waals surface area contributed by atoms with Gasteiger partial charge in [-0.3, -0.25) is 4.79 Å². The summed E-state index contributed by atoms with van der Waals surface area (Å²) in [4.78, 5) is 13.5. The van der Waals surface area contributed by atoms with E-state index in [1.807, 2.05) is 0 Å². The lowest BCUT2D eigenvalue weighted by molar-refractivity contribution is -0.133. The van der Waals surface area contributed by atoms with Gasteiger partial charge in [-0.1, -0.05) is 13.8 Å². The van der Waals surface area contributed by atoms with Gasteiger partial charge in [0.2, 0.25) is 4.58 Å². The van der Waals surface area contributed by atoms with Crippen molar-refractivity contribution in [2.24, 2.45) is 0 Å². The standard InChI is InChI=1S/C10H19NO6S2/c1-3-18(13,14)10(19(15,16)4-2)9(12)11-5-7-17-8-6-11/h10H,3-8H2,1-2H3. The smallest absolute Gasteiger partial charge is 0.256 e. The average Bonchev–Trinajstić information content (AvgIpc) is 2.39. The van der Waals surface area contributed by atoms with E-state index >= 15 is 0 Å². The fraction of sp³-hybridized carbons (Fsp3) is 0.900. The molecule has 0 aromatic rings. The van der Waals surface area contributed by atoms with Crippen molar-refractivity contribution < 1.29 is 26.4 Å². The average molecular weight is 313 g/mol. The quantitative estimate of drug-likeness (QED) is 0.648. The molecule has 0 spiro atoms. The van der Waals surface area contributed by atoms with Crippen molar-refractivity contribution in [2.45, 2.75) is 18.4 Å². The molecule has 1 heterocycles. The zero-order chi connectivity index (χ0) is 14.7. The van der Waals surface area contributed by atoms with Crippen LogP contribution in [0.4, 0.5) is 0 Å². The Morgan fingerprint density at radius 2 is 1.47 bits per heavy atom. The van der Waals surface area contributed by atoms with Gasteiger partial charge in [-0.05, 0) is 0 Å². The van der Waals surface area contributed by atoms with Crippen LogP contribution in [0.5, 0.6) is 0 Å². The molecule has 0 radical (unpaired) electrons. The molecular weight excluding hydrogens is 294 g/mol. The molecule has 1 aliphatic rings. The Kier molecular flexibility index (Phi) is 5.34. The Bertz CT molecular complexity index is 484. The number of sulfone groups is 2. The van der Waals surface area contributed by atoms with E-state index in [0.717, 1.165) is 0 Å². The summed E-state index contributed by atoms with van der Waals surface area (Å²) in [5.74, 6) is -1.62. The zero-order valence-electron chi connectivity index (χ0n) is 11.0. The molecule has 1 aliphatic heterocycles. The van der Waals surface area contributed by atoms with Gasteiger partial charge in [0.15, 0.2) is 19.7 Å². The van der Waals surface area contributed by atoms with E-state index in [-0.39, 0.29) is 37.8 Å². The molecule has 1 saturated heterocycles. The first-order chi connectivity index (χ1) is 8.76. The Morgan fingerprint density at radius 1 is 1.05 bits per heavy atom. The molecule has 0 aromatic heterocycles. The molecule has 1 rings (SSSR count). The Morgan fingerprint density at radius 3 is 1.84 bits per heavy atom. The van der Waals surface area contributed by atoms with E-state index in [1.54, 1.807) is 0 Å². The number of rotatable bonds is 5. The molecule has 112 valence electrons. The molecule has 1 fully saturated rings. The Hall–Kier alpha value is -0.670. The van der Waals surface area contributed by atoms with Gasteiger partial charge in [0, 0.05) is 24.6 Å². The minimum Gasteiger partial charge on any atom is -0.378 e. The second kappa shape index (κ2) is 6.19. The highest BCUT2D eigenvalue weighted by Crippen LogP contribution is 2.16. The second-order valence-electron chi connectivity index (χ2n) is 4.17. The van der Waals surface area contributed by atoms with E-state index in [1.165, 1.54) is 18.7 Å². The maximum Gasteiger partial charge on any atom is 0.256 e. The Labute approximate surface area is 113 Å². The van der Waals surface area contributed by atoms with Crippen LogP contribution < -0.4 is 0 Å². The molecule has 0 atom stereocenters. The van der Waals surface area contributed by atoms with Crippen LogP contribution >= 0.6 is 0 Å². The number of morpholine rings is 1. The highest BCUT2D eigenvalue weighted by atomic mass is 32.3. The van der Waals surface area contributed by atoms with Crippen LogP contribution in [0, 0.1) is 0 Å². The van der Waals surface area contributed by atoms with Gasteiger partial charge in [0.25, 0.3) is 5.91 Å². The first-order valence-corrected chi connectivity index (χ1v) is 9.49. The number of ether oxygens (including phenoxy) is 1. The van der Waals surface area contributed by atoms with E-state index in [9.17, 15) is 21.6 Å². The van der Waals surface area contributed by atoms with E-state index in [2.05, 4.69) is 0 Å². The molecule has 9 heteroatoms. The van der Waals surface area contributed by atoms with Crippen LogP contribution in [0.15, 0.2) is 0 Å². The summed E-state index contributed by atoms with van der Waals surface area (Å²) in [5.41, 5.74) is 0. The van der Waals surface area contributed by atoms with Crippen LogP contribution in [0.25, 0.3) is 0 Å². The first kappa shape index (κ1) is 16.4. The van der Waals surface area contributed by atoms with Crippen LogP contribution in [0.2, 0.25) is 0 Å². The molecule has 0 unspecified atom stereocenters. The first-order valence-electron chi connectivity index (χ1n) is 6.06. The Balaban J connectivity index is 3.14. The number of nitrogens with zero attached hydrogens (tertiary/aromatic N) is 1. The summed E-state index contributed by atoms with van der Waals surface area (Å²) in [6.07, 6.45) is 0. The molecule has 0 N–H and O–H groups in total. The van der Waals surface area contributed by atoms with Crippen molar-refractivity contribution in [3.63, 3.8) is 0 Å². The largest absolute Gasteiger partial charge is 0.378 e. The molecule has 0 aliphatic carbocycles. The summed E-state index contributed by atoms with van der Waals surface area (Å²) in [7, 11) is -8.00. The topological polar surface area (TPSA) is 97.8 Å². The fourth-order valence-electron chi connectivity index (χ4n) is 1.77. The van der Waals surface area contributed by atoms with Gasteiger partial charge in [-0.25, -0.2) is 16.8 Å². The summed E-state index contributed by atoms with van der Waals surface area (Å²) in [6, 6.07) is 0. The summed E-state index contributed by atoms with van der Waals surface area (Å²) >= 11 is 0. The van der Waals surface area contributed by atoms with Crippen molar-refractivity contribution in [2.75, 3.05) is 37.8 Å². The van der Waals surface area contributed by atoms with Gasteiger partial charge >= 0.3 is 0 Å². The van der Waals surface area contributed by atoms with Gasteiger partial charge in [-0.2, -0.15) is 0 Å². The number of carbonyl (C=O) groups is 1. The van der Waals surface area contributed by atoms with Gasteiger partial charge in [0.1, 0.15) is 0 Å². The lowest BCUT2D eigenvalue weighted by Gasteiger charge is -2.29. The zero-order valence-corrected chi connectivity index (χ0v) is 12.7.